The predicted octanol–water partition coefficient (Wildman–Crippen LogP) is 3.57. The van der Waals surface area contributed by atoms with Crippen LogP contribution in [0.2, 0.25) is 0 Å². The molecule has 0 radical (unpaired) electrons. The molecule has 0 fully saturated rings. The third-order valence-electron chi connectivity index (χ3n) is 2.64. The van der Waals surface area contributed by atoms with E-state index in [1.807, 2.05) is 0 Å². The van der Waals surface area contributed by atoms with E-state index in [0.29, 0.717) is 28.0 Å². The van der Waals surface area contributed by atoms with Gasteiger partial charge in [-0.2, -0.15) is 0 Å². The fraction of sp³-hybridized carbons (Fsp3) is 0.385. The minimum Gasteiger partial charge on any atom is -0.480 e. The summed E-state index contributed by atoms with van der Waals surface area (Å²) in [5, 5.41) is 8.02. The Labute approximate surface area is 131 Å². The number of halogens is 1. The number of nitrogens with one attached hydrogen (secondary N) is 1. The molecule has 0 aliphatic carbocycles. The minimum absolute atomic E-state index is 0.465. The summed E-state index contributed by atoms with van der Waals surface area (Å²) >= 11 is 8.76. The van der Waals surface area contributed by atoms with E-state index in [0.717, 1.165) is 16.6 Å². The molecule has 0 spiro atoms. The lowest BCUT2D eigenvalue weighted by Crippen LogP contribution is -2.04. The van der Waals surface area contributed by atoms with Crippen molar-refractivity contribution in [3.05, 3.63) is 26.9 Å². The zero-order valence-corrected chi connectivity index (χ0v) is 13.9. The maximum absolute atomic E-state index is 5.28. The van der Waals surface area contributed by atoms with Crippen molar-refractivity contribution in [3.63, 3.8) is 0 Å². The Morgan fingerprint density at radius 2 is 2.10 bits per heavy atom. The van der Waals surface area contributed by atoms with Crippen LogP contribution in [-0.2, 0) is 6.42 Å². The van der Waals surface area contributed by atoms with Crippen LogP contribution in [0.15, 0.2) is 16.6 Å². The van der Waals surface area contributed by atoms with E-state index in [-0.39, 0.29) is 0 Å². The highest BCUT2D eigenvalue weighted by Crippen LogP contribution is 2.22. The number of hydrogen-bond donors (Lipinski definition) is 1. The molecule has 2 aromatic heterocycles. The molecule has 0 atom stereocenters. The zero-order valence-electron chi connectivity index (χ0n) is 11.5. The topological polar surface area (TPSA) is 63.7 Å². The lowest BCUT2D eigenvalue weighted by molar-refractivity contribution is 0.392. The second kappa shape index (κ2) is 6.41. The zero-order chi connectivity index (χ0) is 14.7. The molecule has 0 saturated heterocycles. The van der Waals surface area contributed by atoms with Crippen molar-refractivity contribution in [2.24, 2.45) is 5.92 Å². The number of hydrogen-bond acceptors (Lipinski definition) is 5. The summed E-state index contributed by atoms with van der Waals surface area (Å²) in [4.78, 5) is 7.61. The summed E-state index contributed by atoms with van der Waals surface area (Å²) in [6.45, 7) is 4.30. The Kier molecular flexibility index (Phi) is 4.82. The molecule has 0 aliphatic heterocycles. The first-order chi connectivity index (χ1) is 9.51. The van der Waals surface area contributed by atoms with Gasteiger partial charge in [-0.3, -0.25) is 0 Å². The lowest BCUT2D eigenvalue weighted by Gasteiger charge is -2.10. The predicted molar refractivity (Wildman–Crippen MR) is 83.2 cm³/mol. The van der Waals surface area contributed by atoms with E-state index >= 15 is 0 Å². The number of nitrogens with zero attached hydrogens (tertiary/aromatic N) is 3. The highest BCUT2D eigenvalue weighted by atomic mass is 79.9. The Bertz CT molecular complexity index is 654. The van der Waals surface area contributed by atoms with Gasteiger partial charge in [0, 0.05) is 11.8 Å². The lowest BCUT2D eigenvalue weighted by atomic mass is 10.1. The van der Waals surface area contributed by atoms with Gasteiger partial charge in [-0.05, 0) is 34.3 Å². The highest BCUT2D eigenvalue weighted by Gasteiger charge is 2.11. The van der Waals surface area contributed by atoms with Gasteiger partial charge in [0.2, 0.25) is 5.88 Å². The van der Waals surface area contributed by atoms with Gasteiger partial charge in [0.05, 0.1) is 11.6 Å². The van der Waals surface area contributed by atoms with Crippen molar-refractivity contribution in [2.45, 2.75) is 20.3 Å². The molecule has 5 nitrogen and oxygen atoms in total. The highest BCUT2D eigenvalue weighted by molar-refractivity contribution is 9.10. The Morgan fingerprint density at radius 3 is 2.65 bits per heavy atom. The summed E-state index contributed by atoms with van der Waals surface area (Å²) in [6.07, 6.45) is 0.878. The second-order valence-corrected chi connectivity index (χ2v) is 5.92. The molecule has 7 heteroatoms. The molecule has 2 aromatic rings. The molecular weight excluding hydrogens is 340 g/mol. The maximum Gasteiger partial charge on any atom is 0.233 e. The minimum atomic E-state index is 0.465. The van der Waals surface area contributed by atoms with E-state index in [2.05, 4.69) is 49.9 Å². The average Bonchev–Trinajstić information content (AvgIpc) is 2.43. The molecule has 0 amide bonds. The van der Waals surface area contributed by atoms with E-state index < -0.39 is 0 Å². The van der Waals surface area contributed by atoms with Crippen molar-refractivity contribution in [1.82, 2.24) is 20.2 Å². The Hall–Kier alpha value is -1.34. The fourth-order valence-electron chi connectivity index (χ4n) is 1.73. The molecule has 0 saturated carbocycles. The van der Waals surface area contributed by atoms with E-state index in [9.17, 15) is 0 Å². The van der Waals surface area contributed by atoms with Crippen LogP contribution < -0.4 is 4.74 Å². The van der Waals surface area contributed by atoms with Gasteiger partial charge >= 0.3 is 0 Å². The van der Waals surface area contributed by atoms with Crippen LogP contribution in [-0.4, -0.2) is 27.3 Å². The SMILES string of the molecule is COc1ccc(-c2nc(=S)c(Br)c(CC(C)C)[nH]2)nn1. The molecule has 1 N–H and O–H groups in total. The third kappa shape index (κ3) is 3.40. The molecule has 2 heterocycles. The van der Waals surface area contributed by atoms with Crippen LogP contribution in [0.3, 0.4) is 0 Å². The molecular formula is C13H15BrN4OS. The van der Waals surface area contributed by atoms with E-state index in [1.165, 1.54) is 0 Å². The van der Waals surface area contributed by atoms with Crippen molar-refractivity contribution < 1.29 is 4.74 Å². The number of H-pyrrole nitrogens is 1. The van der Waals surface area contributed by atoms with E-state index in [1.54, 1.807) is 19.2 Å². The van der Waals surface area contributed by atoms with Crippen LogP contribution in [0.5, 0.6) is 5.88 Å². The number of rotatable bonds is 4. The van der Waals surface area contributed by atoms with Gasteiger partial charge in [0.1, 0.15) is 10.3 Å². The van der Waals surface area contributed by atoms with Crippen LogP contribution in [0.1, 0.15) is 19.5 Å². The molecule has 2 rings (SSSR count). The number of aromatic amines is 1. The molecule has 20 heavy (non-hydrogen) atoms. The van der Waals surface area contributed by atoms with Gasteiger partial charge in [-0.1, -0.05) is 26.1 Å². The van der Waals surface area contributed by atoms with Crippen molar-refractivity contribution >= 4 is 28.1 Å². The first-order valence-electron chi connectivity index (χ1n) is 6.18. The first kappa shape index (κ1) is 15.1. The summed E-state index contributed by atoms with van der Waals surface area (Å²) in [6, 6.07) is 3.54. The molecule has 0 aliphatic rings. The Balaban J connectivity index is 2.45. The van der Waals surface area contributed by atoms with Gasteiger partial charge in [-0.15, -0.1) is 10.2 Å². The molecule has 0 aromatic carbocycles. The molecule has 0 bridgehead atoms. The normalized spacial score (nSPS) is 10.8. The summed E-state index contributed by atoms with van der Waals surface area (Å²) in [5.74, 6) is 1.59. The average molecular weight is 355 g/mol. The smallest absolute Gasteiger partial charge is 0.233 e. The largest absolute Gasteiger partial charge is 0.480 e. The van der Waals surface area contributed by atoms with Crippen LogP contribution in [0.25, 0.3) is 11.5 Å². The van der Waals surface area contributed by atoms with E-state index in [4.69, 9.17) is 17.0 Å². The quantitative estimate of drug-likeness (QED) is 0.850. The maximum atomic E-state index is 5.28. The van der Waals surface area contributed by atoms with Gasteiger partial charge in [0.25, 0.3) is 0 Å². The van der Waals surface area contributed by atoms with Gasteiger partial charge in [-0.25, -0.2) is 4.98 Å². The molecule has 0 unspecified atom stereocenters. The molecule has 106 valence electrons. The van der Waals surface area contributed by atoms with Crippen molar-refractivity contribution in [3.8, 4) is 17.4 Å². The van der Waals surface area contributed by atoms with Gasteiger partial charge in [0.15, 0.2) is 5.82 Å². The number of methoxy groups -OCH3 is 1. The monoisotopic (exact) mass is 354 g/mol. The second-order valence-electron chi connectivity index (χ2n) is 4.74. The van der Waals surface area contributed by atoms with Gasteiger partial charge < -0.3 is 9.72 Å². The van der Waals surface area contributed by atoms with Crippen molar-refractivity contribution in [2.75, 3.05) is 7.11 Å². The summed E-state index contributed by atoms with van der Waals surface area (Å²) < 4.78 is 6.35. The fourth-order valence-corrected chi connectivity index (χ4v) is 2.29. The van der Waals surface area contributed by atoms with Crippen LogP contribution in [0.4, 0.5) is 0 Å². The Morgan fingerprint density at radius 1 is 1.35 bits per heavy atom. The standard InChI is InChI=1S/C13H15BrN4OS/c1-7(2)6-9-11(14)13(20)16-12(15-9)8-4-5-10(19-3)18-17-8/h4-5,7H,6H2,1-3H3,(H,15,16,20). The summed E-state index contributed by atoms with van der Waals surface area (Å²) in [7, 11) is 1.55. The summed E-state index contributed by atoms with van der Waals surface area (Å²) in [5.41, 5.74) is 1.65. The van der Waals surface area contributed by atoms with Crippen LogP contribution >= 0.6 is 28.1 Å². The third-order valence-corrected chi connectivity index (χ3v) is 4.05. The number of aromatic nitrogens is 4. The first-order valence-corrected chi connectivity index (χ1v) is 7.38. The van der Waals surface area contributed by atoms with Crippen molar-refractivity contribution in [1.29, 1.82) is 0 Å². The number of ether oxygens (including phenoxy) is 1. The van der Waals surface area contributed by atoms with Crippen LogP contribution in [0, 0.1) is 10.6 Å².